The van der Waals surface area contributed by atoms with Crippen LogP contribution in [0.2, 0.25) is 0 Å². The molecule has 0 amide bonds. The molecule has 0 bridgehead atoms. The van der Waals surface area contributed by atoms with Gasteiger partial charge in [0, 0.05) is 0 Å². The minimum Gasteiger partial charge on any atom is -0.491 e. The SMILES string of the molecule is N#CCCOc1ccc2ccccc2c1Br. The van der Waals surface area contributed by atoms with Crippen molar-refractivity contribution in [3.05, 3.63) is 40.9 Å². The van der Waals surface area contributed by atoms with E-state index in [9.17, 15) is 0 Å². The lowest BCUT2D eigenvalue weighted by Crippen LogP contribution is -1.96. The van der Waals surface area contributed by atoms with Gasteiger partial charge in [-0.15, -0.1) is 0 Å². The third kappa shape index (κ3) is 2.17. The van der Waals surface area contributed by atoms with Crippen molar-refractivity contribution >= 4 is 26.7 Å². The van der Waals surface area contributed by atoms with Crippen LogP contribution >= 0.6 is 15.9 Å². The van der Waals surface area contributed by atoms with Gasteiger partial charge in [-0.05, 0) is 32.8 Å². The first-order valence-corrected chi connectivity index (χ1v) is 5.79. The number of hydrogen-bond acceptors (Lipinski definition) is 2. The Morgan fingerprint density at radius 3 is 2.81 bits per heavy atom. The van der Waals surface area contributed by atoms with Gasteiger partial charge in [0.15, 0.2) is 0 Å². The van der Waals surface area contributed by atoms with Crippen LogP contribution < -0.4 is 4.74 Å². The van der Waals surface area contributed by atoms with Crippen molar-refractivity contribution in [3.8, 4) is 11.8 Å². The van der Waals surface area contributed by atoms with Crippen LogP contribution in [-0.4, -0.2) is 6.61 Å². The van der Waals surface area contributed by atoms with Gasteiger partial charge >= 0.3 is 0 Å². The van der Waals surface area contributed by atoms with Crippen molar-refractivity contribution < 1.29 is 4.74 Å². The highest BCUT2D eigenvalue weighted by atomic mass is 79.9. The number of benzene rings is 2. The normalized spacial score (nSPS) is 10.0. The summed E-state index contributed by atoms with van der Waals surface area (Å²) in [6.07, 6.45) is 0.402. The second kappa shape index (κ2) is 5.00. The van der Waals surface area contributed by atoms with Crippen LogP contribution in [0.1, 0.15) is 6.42 Å². The highest BCUT2D eigenvalue weighted by molar-refractivity contribution is 9.10. The molecule has 80 valence electrons. The monoisotopic (exact) mass is 275 g/mol. The zero-order valence-electron chi connectivity index (χ0n) is 8.61. The molecule has 16 heavy (non-hydrogen) atoms. The first-order valence-electron chi connectivity index (χ1n) is 5.00. The molecule has 0 fully saturated rings. The Hall–Kier alpha value is -1.53. The molecule has 2 aromatic carbocycles. The minimum atomic E-state index is 0.402. The molecule has 0 atom stereocenters. The third-order valence-corrected chi connectivity index (χ3v) is 3.12. The molecule has 0 saturated carbocycles. The Kier molecular flexibility index (Phi) is 3.43. The molecule has 0 aromatic heterocycles. The Labute approximate surface area is 103 Å². The fourth-order valence-electron chi connectivity index (χ4n) is 1.53. The second-order valence-corrected chi connectivity index (χ2v) is 4.15. The number of halogens is 1. The fourth-order valence-corrected chi connectivity index (χ4v) is 2.14. The molecule has 0 saturated heterocycles. The summed E-state index contributed by atoms with van der Waals surface area (Å²) in [6.45, 7) is 0.424. The summed E-state index contributed by atoms with van der Waals surface area (Å²) in [7, 11) is 0. The van der Waals surface area contributed by atoms with Crippen LogP contribution in [-0.2, 0) is 0 Å². The van der Waals surface area contributed by atoms with E-state index >= 15 is 0 Å². The van der Waals surface area contributed by atoms with Crippen molar-refractivity contribution in [2.24, 2.45) is 0 Å². The van der Waals surface area contributed by atoms with Crippen LogP contribution in [0.25, 0.3) is 10.8 Å². The summed E-state index contributed by atoms with van der Waals surface area (Å²) in [4.78, 5) is 0. The Morgan fingerprint density at radius 1 is 1.19 bits per heavy atom. The van der Waals surface area contributed by atoms with Crippen molar-refractivity contribution in [1.82, 2.24) is 0 Å². The lowest BCUT2D eigenvalue weighted by Gasteiger charge is -2.08. The van der Waals surface area contributed by atoms with Crippen LogP contribution in [0.15, 0.2) is 40.9 Å². The molecule has 3 heteroatoms. The molecule has 0 aliphatic rings. The van der Waals surface area contributed by atoms with Gasteiger partial charge in [0.05, 0.1) is 17.0 Å². The smallest absolute Gasteiger partial charge is 0.134 e. The van der Waals surface area contributed by atoms with Gasteiger partial charge in [-0.25, -0.2) is 0 Å². The zero-order valence-corrected chi connectivity index (χ0v) is 10.2. The van der Waals surface area contributed by atoms with E-state index in [1.807, 2.05) is 30.3 Å². The maximum atomic E-state index is 8.44. The van der Waals surface area contributed by atoms with Crippen molar-refractivity contribution in [3.63, 3.8) is 0 Å². The van der Waals surface area contributed by atoms with E-state index in [0.29, 0.717) is 13.0 Å². The molecule has 0 spiro atoms. The molecular formula is C13H10BrNO. The second-order valence-electron chi connectivity index (χ2n) is 3.36. The van der Waals surface area contributed by atoms with Crippen LogP contribution in [0.3, 0.4) is 0 Å². The average molecular weight is 276 g/mol. The van der Waals surface area contributed by atoms with Gasteiger partial charge in [0.2, 0.25) is 0 Å². The number of ether oxygens (including phenoxy) is 1. The molecule has 0 radical (unpaired) electrons. The number of nitrogens with zero attached hydrogens (tertiary/aromatic N) is 1. The predicted octanol–water partition coefficient (Wildman–Crippen LogP) is 3.89. The van der Waals surface area contributed by atoms with E-state index in [1.54, 1.807) is 0 Å². The van der Waals surface area contributed by atoms with Gasteiger partial charge in [0.25, 0.3) is 0 Å². The van der Waals surface area contributed by atoms with E-state index in [4.69, 9.17) is 10.00 Å². The molecule has 2 nitrogen and oxygen atoms in total. The van der Waals surface area contributed by atoms with Crippen LogP contribution in [0, 0.1) is 11.3 Å². The van der Waals surface area contributed by atoms with Crippen molar-refractivity contribution in [2.75, 3.05) is 6.61 Å². The third-order valence-electron chi connectivity index (χ3n) is 2.30. The van der Waals surface area contributed by atoms with Crippen molar-refractivity contribution in [1.29, 1.82) is 5.26 Å². The summed E-state index contributed by atoms with van der Waals surface area (Å²) in [5, 5.41) is 10.7. The predicted molar refractivity (Wildman–Crippen MR) is 67.4 cm³/mol. The topological polar surface area (TPSA) is 33.0 Å². The summed E-state index contributed by atoms with van der Waals surface area (Å²) >= 11 is 3.53. The number of rotatable bonds is 3. The molecule has 0 heterocycles. The van der Waals surface area contributed by atoms with E-state index in [0.717, 1.165) is 15.6 Å². The summed E-state index contributed by atoms with van der Waals surface area (Å²) in [6, 6.07) is 14.1. The molecule has 2 rings (SSSR count). The molecule has 0 N–H and O–H groups in total. The van der Waals surface area contributed by atoms with E-state index < -0.39 is 0 Å². The maximum Gasteiger partial charge on any atom is 0.134 e. The largest absolute Gasteiger partial charge is 0.491 e. The van der Waals surface area contributed by atoms with Crippen LogP contribution in [0.5, 0.6) is 5.75 Å². The number of hydrogen-bond donors (Lipinski definition) is 0. The van der Waals surface area contributed by atoms with Gasteiger partial charge in [-0.3, -0.25) is 0 Å². The van der Waals surface area contributed by atoms with E-state index in [-0.39, 0.29) is 0 Å². The number of fused-ring (bicyclic) bond motifs is 1. The highest BCUT2D eigenvalue weighted by Gasteiger charge is 2.05. The maximum absolute atomic E-state index is 8.44. The lowest BCUT2D eigenvalue weighted by molar-refractivity contribution is 0.325. The average Bonchev–Trinajstić information content (AvgIpc) is 2.33. The summed E-state index contributed by atoms with van der Waals surface area (Å²) in [5.74, 6) is 0.786. The van der Waals surface area contributed by atoms with Crippen LogP contribution in [0.4, 0.5) is 0 Å². The molecule has 0 aliphatic heterocycles. The van der Waals surface area contributed by atoms with Gasteiger partial charge in [-0.2, -0.15) is 5.26 Å². The quantitative estimate of drug-likeness (QED) is 0.796. The standard InChI is InChI=1S/C13H10BrNO/c14-13-11-5-2-1-4-10(11)6-7-12(13)16-9-3-8-15/h1-2,4-7H,3,9H2. The fraction of sp³-hybridized carbons (Fsp3) is 0.154. The Balaban J connectivity index is 2.34. The van der Waals surface area contributed by atoms with E-state index in [1.165, 1.54) is 5.39 Å². The molecule has 0 aliphatic carbocycles. The molecule has 2 aromatic rings. The first kappa shape index (κ1) is 11.0. The summed E-state index contributed by atoms with van der Waals surface area (Å²) in [5.41, 5.74) is 0. The first-order chi connectivity index (χ1) is 7.83. The zero-order chi connectivity index (χ0) is 11.4. The molecule has 0 unspecified atom stereocenters. The van der Waals surface area contributed by atoms with E-state index in [2.05, 4.69) is 28.1 Å². The van der Waals surface area contributed by atoms with Crippen molar-refractivity contribution in [2.45, 2.75) is 6.42 Å². The van der Waals surface area contributed by atoms with Gasteiger partial charge < -0.3 is 4.74 Å². The summed E-state index contributed by atoms with van der Waals surface area (Å²) < 4.78 is 6.46. The Bertz CT molecular complexity index is 545. The lowest BCUT2D eigenvalue weighted by atomic mass is 10.1. The van der Waals surface area contributed by atoms with Gasteiger partial charge in [0.1, 0.15) is 12.4 Å². The molecular weight excluding hydrogens is 266 g/mol. The minimum absolute atomic E-state index is 0.402. The Morgan fingerprint density at radius 2 is 2.00 bits per heavy atom. The highest BCUT2D eigenvalue weighted by Crippen LogP contribution is 2.32. The number of nitriles is 1. The van der Waals surface area contributed by atoms with Gasteiger partial charge in [-0.1, -0.05) is 30.3 Å².